The minimum Gasteiger partial charge on any atom is -1.00 e. The molecule has 24 heavy (non-hydrogen) atoms. The SMILES string of the molecule is CC[C]1([Zr+2][CH]2C(C)=Cc3ccccc32)C(C)=C(C)C(C)=C1C.[Cl-].[Cl-]. The van der Waals surface area contributed by atoms with Crippen molar-refractivity contribution in [2.75, 3.05) is 0 Å². The first kappa shape index (κ1) is 21.9. The Morgan fingerprint density at radius 3 is 2.00 bits per heavy atom. The molecule has 1 unspecified atom stereocenters. The summed E-state index contributed by atoms with van der Waals surface area (Å²) in [5, 5.41) is 0. The van der Waals surface area contributed by atoms with Crippen molar-refractivity contribution in [3.05, 3.63) is 63.3 Å². The van der Waals surface area contributed by atoms with E-state index in [9.17, 15) is 0 Å². The molecule has 0 spiro atoms. The molecule has 0 radical (unpaired) electrons. The van der Waals surface area contributed by atoms with Gasteiger partial charge in [-0.3, -0.25) is 0 Å². The molecule has 128 valence electrons. The predicted molar refractivity (Wildman–Crippen MR) is 92.6 cm³/mol. The number of hydrogen-bond acceptors (Lipinski definition) is 0. The minimum absolute atomic E-state index is 0. The van der Waals surface area contributed by atoms with Crippen molar-refractivity contribution in [2.45, 2.75) is 54.7 Å². The molecule has 3 rings (SSSR count). The summed E-state index contributed by atoms with van der Waals surface area (Å²) in [6, 6.07) is 9.04. The predicted octanol–water partition coefficient (Wildman–Crippen LogP) is 0.490. The van der Waals surface area contributed by atoms with Crippen LogP contribution in [0.1, 0.15) is 62.7 Å². The van der Waals surface area contributed by atoms with E-state index in [4.69, 9.17) is 0 Å². The number of allylic oxidation sites excluding steroid dienone is 5. The first-order valence-corrected chi connectivity index (χ1v) is 11.0. The van der Waals surface area contributed by atoms with Crippen LogP contribution in [-0.4, -0.2) is 0 Å². The minimum atomic E-state index is -0.691. The summed E-state index contributed by atoms with van der Waals surface area (Å²) >= 11 is -0.691. The third kappa shape index (κ3) is 3.17. The molecule has 2 aliphatic rings. The van der Waals surface area contributed by atoms with E-state index in [0.717, 1.165) is 3.63 Å². The smallest absolute Gasteiger partial charge is 1.00 e. The molecule has 0 fully saturated rings. The van der Waals surface area contributed by atoms with Crippen molar-refractivity contribution < 1.29 is 48.0 Å². The van der Waals surface area contributed by atoms with Gasteiger partial charge in [-0.1, -0.05) is 0 Å². The van der Waals surface area contributed by atoms with Gasteiger partial charge in [-0.2, -0.15) is 0 Å². The molecule has 1 aromatic rings. The molecule has 1 atom stereocenters. The van der Waals surface area contributed by atoms with Gasteiger partial charge in [0, 0.05) is 0 Å². The normalized spacial score (nSPS) is 20.9. The van der Waals surface area contributed by atoms with Gasteiger partial charge in [0.1, 0.15) is 0 Å². The number of fused-ring (bicyclic) bond motifs is 1. The van der Waals surface area contributed by atoms with Crippen LogP contribution in [0.2, 0.25) is 3.12 Å². The summed E-state index contributed by atoms with van der Waals surface area (Å²) in [5.74, 6) is 0. The first-order valence-electron chi connectivity index (χ1n) is 8.33. The van der Waals surface area contributed by atoms with Gasteiger partial charge in [0.05, 0.1) is 0 Å². The molecular weight excluding hydrogens is 414 g/mol. The van der Waals surface area contributed by atoms with Crippen LogP contribution in [0.5, 0.6) is 0 Å². The van der Waals surface area contributed by atoms with Crippen LogP contribution >= 0.6 is 0 Å². The van der Waals surface area contributed by atoms with E-state index in [1.54, 1.807) is 33.4 Å². The summed E-state index contributed by atoms with van der Waals surface area (Å²) in [6.07, 6.45) is 3.70. The number of benzene rings is 1. The Balaban J connectivity index is 0.00000144. The number of hydrogen-bond donors (Lipinski definition) is 0. The van der Waals surface area contributed by atoms with E-state index in [2.05, 4.69) is 71.9 Å². The van der Waals surface area contributed by atoms with Crippen LogP contribution < -0.4 is 24.8 Å². The molecule has 0 aliphatic heterocycles. The van der Waals surface area contributed by atoms with E-state index in [0.29, 0.717) is 3.12 Å². The molecule has 0 N–H and O–H groups in total. The van der Waals surface area contributed by atoms with Gasteiger partial charge in [0.2, 0.25) is 0 Å². The van der Waals surface area contributed by atoms with Crippen molar-refractivity contribution in [1.82, 2.24) is 0 Å². The maximum absolute atomic E-state index is 2.43. The van der Waals surface area contributed by atoms with Crippen molar-refractivity contribution in [2.24, 2.45) is 0 Å². The second kappa shape index (κ2) is 8.07. The monoisotopic (exact) mass is 438 g/mol. The van der Waals surface area contributed by atoms with Crippen molar-refractivity contribution in [3.8, 4) is 0 Å². The molecule has 0 amide bonds. The van der Waals surface area contributed by atoms with Gasteiger partial charge in [-0.05, 0) is 0 Å². The fourth-order valence-corrected chi connectivity index (χ4v) is 9.74. The van der Waals surface area contributed by atoms with Gasteiger partial charge in [-0.25, -0.2) is 0 Å². The molecule has 0 aromatic heterocycles. The van der Waals surface area contributed by atoms with Gasteiger partial charge in [0.25, 0.3) is 0 Å². The second-order valence-corrected chi connectivity index (χ2v) is 11.1. The van der Waals surface area contributed by atoms with Crippen LogP contribution in [0, 0.1) is 0 Å². The number of halogens is 2. The largest absolute Gasteiger partial charge is 1.00 e. The number of rotatable bonds is 3. The Morgan fingerprint density at radius 2 is 1.46 bits per heavy atom. The Bertz CT molecular complexity index is 701. The van der Waals surface area contributed by atoms with Crippen molar-refractivity contribution >= 4 is 6.08 Å². The van der Waals surface area contributed by atoms with E-state index >= 15 is 0 Å². The maximum Gasteiger partial charge on any atom is -1.00 e. The first-order chi connectivity index (χ1) is 10.4. The van der Waals surface area contributed by atoms with Gasteiger partial charge in [0.15, 0.2) is 0 Å². The quantitative estimate of drug-likeness (QED) is 0.642. The zero-order valence-corrected chi connectivity index (χ0v) is 19.4. The molecule has 0 saturated carbocycles. The summed E-state index contributed by atoms with van der Waals surface area (Å²) in [5.41, 5.74) is 11.1. The second-order valence-electron chi connectivity index (χ2n) is 6.85. The van der Waals surface area contributed by atoms with E-state index in [-0.39, 0.29) is 24.8 Å². The Morgan fingerprint density at radius 1 is 0.917 bits per heavy atom. The average molecular weight is 441 g/mol. The zero-order valence-electron chi connectivity index (χ0n) is 15.4. The average Bonchev–Trinajstić information content (AvgIpc) is 2.91. The van der Waals surface area contributed by atoms with Gasteiger partial charge < -0.3 is 24.8 Å². The fourth-order valence-electron chi connectivity index (χ4n) is 4.25. The van der Waals surface area contributed by atoms with Crippen LogP contribution in [0.4, 0.5) is 0 Å². The summed E-state index contributed by atoms with van der Waals surface area (Å²) < 4.78 is 1.16. The molecule has 0 bridgehead atoms. The van der Waals surface area contributed by atoms with Crippen molar-refractivity contribution in [3.63, 3.8) is 0 Å². The fraction of sp³-hybridized carbons (Fsp3) is 0.429. The summed E-state index contributed by atoms with van der Waals surface area (Å²) in [6.45, 7) is 14.2. The molecule has 0 saturated heterocycles. The van der Waals surface area contributed by atoms with Gasteiger partial charge in [-0.15, -0.1) is 0 Å². The topological polar surface area (TPSA) is 0 Å². The molecule has 0 nitrogen and oxygen atoms in total. The van der Waals surface area contributed by atoms with Crippen LogP contribution in [0.15, 0.2) is 52.1 Å². The van der Waals surface area contributed by atoms with Crippen LogP contribution in [0.3, 0.4) is 0 Å². The molecule has 0 heterocycles. The maximum atomic E-state index is 2.43. The molecule has 1 aromatic carbocycles. The Hall–Kier alpha value is -0.0969. The standard InChI is InChI=1S/C11H17.C10H9.2ClH.Zr/c1-6-11-9(4)7(2)8(3)10(11)5;1-8-6-9-4-2-3-5-10(9)7-8;;;/h6H2,1-5H3;2-7H,1H3;2*1H;/q;;;;+2/p-2. The van der Waals surface area contributed by atoms with Gasteiger partial charge >= 0.3 is 147 Å². The summed E-state index contributed by atoms with van der Waals surface area (Å²) in [4.78, 5) is 0. The molecule has 3 heteroatoms. The Labute approximate surface area is 171 Å². The Kier molecular flexibility index (Phi) is 7.38. The van der Waals surface area contributed by atoms with E-state index in [1.807, 2.05) is 0 Å². The summed E-state index contributed by atoms with van der Waals surface area (Å²) in [7, 11) is 0. The van der Waals surface area contributed by atoms with E-state index in [1.165, 1.54) is 12.0 Å². The van der Waals surface area contributed by atoms with Crippen LogP contribution in [0.25, 0.3) is 6.08 Å². The zero-order chi connectivity index (χ0) is 16.1. The molecular formula is C21H26Cl2Zr. The van der Waals surface area contributed by atoms with Crippen molar-refractivity contribution in [1.29, 1.82) is 0 Å². The third-order valence-electron chi connectivity index (χ3n) is 6.03. The third-order valence-corrected chi connectivity index (χ3v) is 12.6. The molecule has 2 aliphatic carbocycles. The van der Waals surface area contributed by atoms with E-state index < -0.39 is 23.2 Å². The van der Waals surface area contributed by atoms with Crippen LogP contribution in [-0.2, 0) is 23.2 Å².